The topological polar surface area (TPSA) is 30.8 Å². The maximum absolute atomic E-state index is 3.89. The molecule has 118 valence electrons. The van der Waals surface area contributed by atoms with Gasteiger partial charge in [-0.1, -0.05) is 18.2 Å². The monoisotopic (exact) mass is 306 g/mol. The summed E-state index contributed by atoms with van der Waals surface area (Å²) < 4.78 is 2.81. The van der Waals surface area contributed by atoms with Gasteiger partial charge in [0.1, 0.15) is 12.2 Å². The van der Waals surface area contributed by atoms with E-state index in [0.29, 0.717) is 0 Å². The largest absolute Gasteiger partial charge is 0.350 e. The molecule has 1 aromatic heterocycles. The Kier molecular flexibility index (Phi) is 2.48. The number of piperidine rings is 1. The molecule has 0 amide bonds. The average molecular weight is 306 g/mol. The number of rotatable bonds is 0. The molecule has 2 bridgehead atoms. The fraction of sp³-hybridized carbons (Fsp3) is 0.550. The van der Waals surface area contributed by atoms with E-state index in [2.05, 4.69) is 39.1 Å². The number of fused-ring (bicyclic) bond motifs is 4. The van der Waals surface area contributed by atoms with Crippen LogP contribution in [0.15, 0.2) is 24.3 Å². The summed E-state index contributed by atoms with van der Waals surface area (Å²) in [5, 5.41) is 5.34. The normalized spacial score (nSPS) is 35.1. The van der Waals surface area contributed by atoms with Crippen molar-refractivity contribution >= 4 is 16.6 Å². The minimum atomic E-state index is 0.720. The molecule has 0 radical (unpaired) electrons. The maximum atomic E-state index is 3.89. The highest BCUT2D eigenvalue weighted by Gasteiger charge is 2.56. The van der Waals surface area contributed by atoms with E-state index in [1.165, 1.54) is 61.8 Å². The van der Waals surface area contributed by atoms with E-state index in [4.69, 9.17) is 0 Å². The Labute approximate surface area is 136 Å². The molecule has 5 aliphatic rings. The lowest BCUT2D eigenvalue weighted by molar-refractivity contribution is -0.592. The Balaban J connectivity index is 1.58. The van der Waals surface area contributed by atoms with Gasteiger partial charge in [0.2, 0.25) is 5.71 Å². The third-order valence-corrected chi connectivity index (χ3v) is 6.99. The van der Waals surface area contributed by atoms with Crippen LogP contribution in [0.1, 0.15) is 36.9 Å². The molecule has 2 aromatic rings. The second-order valence-electron chi connectivity index (χ2n) is 7.89. The number of nitrogens with zero attached hydrogens (tertiary/aromatic N) is 1. The number of hydrogen-bond donors (Lipinski definition) is 2. The van der Waals surface area contributed by atoms with E-state index in [-0.39, 0.29) is 0 Å². The lowest BCUT2D eigenvalue weighted by Gasteiger charge is -2.49. The molecule has 3 nitrogen and oxygen atoms in total. The molecule has 5 heterocycles. The maximum Gasteiger partial charge on any atom is 0.204 e. The van der Waals surface area contributed by atoms with Gasteiger partial charge in [0, 0.05) is 35.7 Å². The summed E-state index contributed by atoms with van der Waals surface area (Å²) in [5.41, 5.74) is 6.01. The molecule has 23 heavy (non-hydrogen) atoms. The van der Waals surface area contributed by atoms with Gasteiger partial charge in [0.15, 0.2) is 6.04 Å². The second kappa shape index (κ2) is 4.47. The smallest absolute Gasteiger partial charge is 0.204 e. The van der Waals surface area contributed by atoms with Crippen molar-refractivity contribution in [2.24, 2.45) is 11.8 Å². The van der Waals surface area contributed by atoms with Crippen molar-refractivity contribution in [3.8, 4) is 0 Å². The molecule has 2 fully saturated rings. The molecule has 4 aliphatic heterocycles. The van der Waals surface area contributed by atoms with Gasteiger partial charge in [0.25, 0.3) is 0 Å². The molecule has 1 aliphatic carbocycles. The molecule has 7 rings (SSSR count). The number of H-pyrrole nitrogens is 1. The summed E-state index contributed by atoms with van der Waals surface area (Å²) >= 11 is 0. The average Bonchev–Trinajstić information content (AvgIpc) is 3.01. The SMILES string of the molecule is c1ccc2c3c([nH]c2c1)C1=[N+](CC3)[C@@H]2CC[C@H]1[C@H]1NCCC[C@H]12. The summed E-state index contributed by atoms with van der Waals surface area (Å²) in [6, 6.07) is 10.4. The zero-order valence-electron chi connectivity index (χ0n) is 13.5. The van der Waals surface area contributed by atoms with Crippen molar-refractivity contribution in [2.75, 3.05) is 13.1 Å². The van der Waals surface area contributed by atoms with Crippen molar-refractivity contribution in [1.82, 2.24) is 10.3 Å². The van der Waals surface area contributed by atoms with Crippen molar-refractivity contribution in [1.29, 1.82) is 0 Å². The fourth-order valence-electron chi connectivity index (χ4n) is 6.17. The standard InChI is InChI=1S/C20H23N3/c1-2-6-16-12(4-1)13-9-11-23-17-8-7-15(20(23)19(13)22-16)18-14(17)5-3-10-21-18/h1-2,4,6,14-15,17-18,21H,3,5,7-11H2/p+1/t14-,15-,17+,18-/m0/s1. The molecule has 4 atom stereocenters. The number of hydrogen-bond acceptors (Lipinski definition) is 1. The second-order valence-corrected chi connectivity index (χ2v) is 7.89. The Morgan fingerprint density at radius 2 is 2.04 bits per heavy atom. The molecular weight excluding hydrogens is 282 g/mol. The summed E-state index contributed by atoms with van der Waals surface area (Å²) in [5.74, 6) is 1.61. The van der Waals surface area contributed by atoms with Gasteiger partial charge in [-0.2, -0.15) is 0 Å². The third kappa shape index (κ3) is 1.56. The number of aromatic nitrogens is 1. The Hall–Kier alpha value is -1.61. The zero-order valence-corrected chi connectivity index (χ0v) is 13.5. The first kappa shape index (κ1) is 12.8. The lowest BCUT2D eigenvalue weighted by Crippen LogP contribution is -2.65. The number of nitrogens with one attached hydrogen (secondary N) is 2. The van der Waals surface area contributed by atoms with E-state index in [1.807, 2.05) is 0 Å². The van der Waals surface area contributed by atoms with E-state index in [9.17, 15) is 0 Å². The van der Waals surface area contributed by atoms with Gasteiger partial charge in [-0.15, -0.1) is 0 Å². The first-order valence-electron chi connectivity index (χ1n) is 9.38. The summed E-state index contributed by atoms with van der Waals surface area (Å²) in [6.07, 6.45) is 6.79. The number of benzene rings is 1. The van der Waals surface area contributed by atoms with Crippen molar-refractivity contribution in [3.05, 3.63) is 35.5 Å². The van der Waals surface area contributed by atoms with Crippen LogP contribution in [0.25, 0.3) is 10.9 Å². The van der Waals surface area contributed by atoms with Gasteiger partial charge >= 0.3 is 0 Å². The molecule has 3 heteroatoms. The van der Waals surface area contributed by atoms with Crippen molar-refractivity contribution in [3.63, 3.8) is 0 Å². The van der Waals surface area contributed by atoms with Gasteiger partial charge < -0.3 is 10.3 Å². The minimum Gasteiger partial charge on any atom is -0.350 e. The summed E-state index contributed by atoms with van der Waals surface area (Å²) in [7, 11) is 0. The van der Waals surface area contributed by atoms with Crippen LogP contribution in [-0.4, -0.2) is 40.4 Å². The van der Waals surface area contributed by atoms with Crippen LogP contribution < -0.4 is 5.32 Å². The van der Waals surface area contributed by atoms with Crippen LogP contribution >= 0.6 is 0 Å². The fourth-order valence-corrected chi connectivity index (χ4v) is 6.17. The number of aromatic amines is 1. The van der Waals surface area contributed by atoms with Crippen LogP contribution in [0, 0.1) is 11.8 Å². The van der Waals surface area contributed by atoms with Crippen LogP contribution in [-0.2, 0) is 6.42 Å². The molecule has 1 aromatic carbocycles. The first-order chi connectivity index (χ1) is 11.4. The number of para-hydroxylation sites is 1. The zero-order chi connectivity index (χ0) is 15.0. The van der Waals surface area contributed by atoms with E-state index in [0.717, 1.165) is 23.9 Å². The van der Waals surface area contributed by atoms with E-state index in [1.54, 1.807) is 11.3 Å². The Bertz CT molecular complexity index is 831. The molecule has 2 N–H and O–H groups in total. The van der Waals surface area contributed by atoms with Crippen molar-refractivity contribution in [2.45, 2.75) is 44.2 Å². The van der Waals surface area contributed by atoms with E-state index >= 15 is 0 Å². The van der Waals surface area contributed by atoms with Gasteiger partial charge in [-0.05, 0) is 37.4 Å². The van der Waals surface area contributed by atoms with Crippen LogP contribution in [0.3, 0.4) is 0 Å². The first-order valence-corrected chi connectivity index (χ1v) is 9.38. The van der Waals surface area contributed by atoms with Crippen molar-refractivity contribution < 1.29 is 4.58 Å². The van der Waals surface area contributed by atoms with E-state index < -0.39 is 0 Å². The Morgan fingerprint density at radius 1 is 1.09 bits per heavy atom. The molecule has 1 saturated carbocycles. The molecule has 0 spiro atoms. The third-order valence-electron chi connectivity index (χ3n) is 6.99. The lowest BCUT2D eigenvalue weighted by atomic mass is 9.64. The minimum absolute atomic E-state index is 0.720. The highest BCUT2D eigenvalue weighted by molar-refractivity contribution is 6.05. The predicted octanol–water partition coefficient (Wildman–Crippen LogP) is 2.69. The highest BCUT2D eigenvalue weighted by Crippen LogP contribution is 2.44. The summed E-state index contributed by atoms with van der Waals surface area (Å²) in [6.45, 7) is 2.45. The van der Waals surface area contributed by atoms with Gasteiger partial charge in [0.05, 0.1) is 5.92 Å². The van der Waals surface area contributed by atoms with Gasteiger partial charge in [-0.25, -0.2) is 4.58 Å². The predicted molar refractivity (Wildman–Crippen MR) is 92.3 cm³/mol. The molecule has 1 saturated heterocycles. The molecular formula is C20H24N3+. The van der Waals surface area contributed by atoms with Crippen LogP contribution in [0.4, 0.5) is 0 Å². The van der Waals surface area contributed by atoms with Crippen LogP contribution in [0.2, 0.25) is 0 Å². The quantitative estimate of drug-likeness (QED) is 0.720. The van der Waals surface area contributed by atoms with Gasteiger partial charge in [-0.3, -0.25) is 0 Å². The summed E-state index contributed by atoms with van der Waals surface area (Å²) in [4.78, 5) is 3.79. The highest BCUT2D eigenvalue weighted by atomic mass is 15.1. The Morgan fingerprint density at radius 3 is 3.04 bits per heavy atom. The molecule has 0 unspecified atom stereocenters. The van der Waals surface area contributed by atoms with Crippen LogP contribution in [0.5, 0.6) is 0 Å².